The Balaban J connectivity index is 1.73. The largest absolute Gasteiger partial charge is 0.508 e. The number of rotatable bonds is 3. The van der Waals surface area contributed by atoms with Crippen LogP contribution >= 0.6 is 0 Å². The van der Waals surface area contributed by atoms with Gasteiger partial charge in [0.05, 0.1) is 12.5 Å². The van der Waals surface area contributed by atoms with Crippen molar-refractivity contribution >= 4 is 34.6 Å². The minimum atomic E-state index is -0.980. The van der Waals surface area contributed by atoms with Crippen molar-refractivity contribution in [3.8, 4) is 5.75 Å². The molecule has 240 valence electrons. The molecule has 0 saturated heterocycles. The predicted octanol–water partition coefficient (Wildman–Crippen LogP) is 4.55. The van der Waals surface area contributed by atoms with Crippen LogP contribution in [0.4, 0.5) is 0 Å². The van der Waals surface area contributed by atoms with Crippen LogP contribution in [0.2, 0.25) is 0 Å². The number of H-pyrrole nitrogens is 1. The van der Waals surface area contributed by atoms with E-state index in [1.54, 1.807) is 33.0 Å². The number of benzene rings is 2. The number of hydrogen-bond acceptors (Lipinski definition) is 6. The molecular weight excluding hydrogens is 572 g/mol. The third-order valence-corrected chi connectivity index (χ3v) is 8.60. The van der Waals surface area contributed by atoms with Crippen molar-refractivity contribution in [2.45, 2.75) is 78.1 Å². The second kappa shape index (κ2) is 14.5. The molecule has 0 unspecified atom stereocenters. The van der Waals surface area contributed by atoms with E-state index >= 15 is 0 Å². The summed E-state index contributed by atoms with van der Waals surface area (Å²) in [7, 11) is 1.55. The van der Waals surface area contributed by atoms with E-state index in [1.165, 1.54) is 17.0 Å². The predicted molar refractivity (Wildman–Crippen MR) is 172 cm³/mol. The molecule has 0 spiro atoms. The number of likely N-dealkylation sites (N-methyl/N-ethyl adjacent to an activating group) is 1. The van der Waals surface area contributed by atoms with Crippen LogP contribution in [0.25, 0.3) is 10.9 Å². The zero-order valence-corrected chi connectivity index (χ0v) is 26.8. The van der Waals surface area contributed by atoms with Gasteiger partial charge in [0.15, 0.2) is 0 Å². The number of aromatic nitrogens is 1. The first-order valence-corrected chi connectivity index (χ1v) is 15.4. The summed E-state index contributed by atoms with van der Waals surface area (Å²) >= 11 is 0. The Kier molecular flexibility index (Phi) is 10.7. The highest BCUT2D eigenvalue weighted by molar-refractivity contribution is 5.93. The first-order valence-electron chi connectivity index (χ1n) is 15.4. The molecule has 2 aromatic carbocycles. The Morgan fingerprint density at radius 1 is 0.911 bits per heavy atom. The van der Waals surface area contributed by atoms with Gasteiger partial charge in [0.25, 0.3) is 0 Å². The average molecular weight is 617 g/mol. The number of allylic oxidation sites excluding steroid dienone is 1. The van der Waals surface area contributed by atoms with Crippen molar-refractivity contribution in [3.63, 3.8) is 0 Å². The molecule has 45 heavy (non-hydrogen) atoms. The number of ether oxygens (including phenoxy) is 1. The summed E-state index contributed by atoms with van der Waals surface area (Å²) < 4.78 is 5.80. The van der Waals surface area contributed by atoms with Gasteiger partial charge in [0.1, 0.15) is 23.9 Å². The Hall–Kier alpha value is -4.60. The maximum atomic E-state index is 14.1. The van der Waals surface area contributed by atoms with Gasteiger partial charge in [-0.1, -0.05) is 55.8 Å². The van der Waals surface area contributed by atoms with Gasteiger partial charge in [0.2, 0.25) is 17.7 Å². The molecule has 0 aliphatic carbocycles. The molecule has 2 heterocycles. The maximum Gasteiger partial charge on any atom is 0.308 e. The van der Waals surface area contributed by atoms with E-state index in [0.717, 1.165) is 22.0 Å². The number of carbonyl (C=O) groups is 4. The van der Waals surface area contributed by atoms with Crippen LogP contribution in [-0.2, 0) is 30.3 Å². The summed E-state index contributed by atoms with van der Waals surface area (Å²) in [5.74, 6) is -2.15. The van der Waals surface area contributed by atoms with E-state index in [2.05, 4.69) is 15.6 Å². The monoisotopic (exact) mass is 616 g/mol. The third-order valence-electron chi connectivity index (χ3n) is 8.60. The number of aromatic hydroxyl groups is 1. The summed E-state index contributed by atoms with van der Waals surface area (Å²) in [6.45, 7) is 9.10. The van der Waals surface area contributed by atoms with Gasteiger partial charge in [-0.25, -0.2) is 0 Å². The van der Waals surface area contributed by atoms with E-state index < -0.39 is 47.9 Å². The molecule has 3 aromatic rings. The number of hydrogen-bond donors (Lipinski definition) is 4. The SMILES string of the molecule is C/C1=C/[C@H](C)[C@@H](C)OC(=O)C[C@@H](c2ccc(O)cc2)NC(=O)[C@@H](Cc2c[nH]c3ccccc23)N(C)C(=O)[C@H](C)NC(=O)[C@@H](C)C1. The Morgan fingerprint density at radius 3 is 2.31 bits per heavy atom. The lowest BCUT2D eigenvalue weighted by molar-refractivity contribution is -0.150. The number of para-hydroxylation sites is 1. The first-order chi connectivity index (χ1) is 21.3. The van der Waals surface area contributed by atoms with Crippen molar-refractivity contribution in [1.82, 2.24) is 20.5 Å². The molecule has 0 radical (unpaired) electrons. The lowest BCUT2D eigenvalue weighted by Crippen LogP contribution is -2.55. The maximum absolute atomic E-state index is 14.1. The molecule has 0 bridgehead atoms. The lowest BCUT2D eigenvalue weighted by Gasteiger charge is -2.32. The second-order valence-corrected chi connectivity index (χ2v) is 12.3. The number of phenolic OH excluding ortho intramolecular Hbond substituents is 1. The van der Waals surface area contributed by atoms with Crippen molar-refractivity contribution in [3.05, 3.63) is 77.5 Å². The molecule has 1 aromatic heterocycles. The average Bonchev–Trinajstić information content (AvgIpc) is 3.41. The summed E-state index contributed by atoms with van der Waals surface area (Å²) in [5.41, 5.74) is 3.30. The van der Waals surface area contributed by atoms with E-state index in [0.29, 0.717) is 12.0 Å². The number of fused-ring (bicyclic) bond motifs is 1. The lowest BCUT2D eigenvalue weighted by atomic mass is 9.96. The molecular formula is C35H44N4O6. The molecule has 6 atom stereocenters. The highest BCUT2D eigenvalue weighted by Gasteiger charge is 2.34. The highest BCUT2D eigenvalue weighted by Crippen LogP contribution is 2.25. The van der Waals surface area contributed by atoms with Gasteiger partial charge in [-0.05, 0) is 56.5 Å². The molecule has 10 nitrogen and oxygen atoms in total. The molecule has 4 rings (SSSR count). The molecule has 1 aliphatic rings. The molecule has 1 aliphatic heterocycles. The van der Waals surface area contributed by atoms with Crippen molar-refractivity contribution in [1.29, 1.82) is 0 Å². The first kappa shape index (κ1) is 33.3. The Morgan fingerprint density at radius 2 is 1.60 bits per heavy atom. The van der Waals surface area contributed by atoms with Crippen LogP contribution in [0, 0.1) is 11.8 Å². The van der Waals surface area contributed by atoms with Crippen LogP contribution in [0.15, 0.2) is 66.4 Å². The number of nitrogens with one attached hydrogen (secondary N) is 3. The number of nitrogens with zero attached hydrogens (tertiary/aromatic N) is 1. The number of cyclic esters (lactones) is 1. The highest BCUT2D eigenvalue weighted by atomic mass is 16.5. The molecule has 0 fully saturated rings. The number of amides is 3. The van der Waals surface area contributed by atoms with Crippen LogP contribution in [-0.4, -0.2) is 63.9 Å². The smallest absolute Gasteiger partial charge is 0.308 e. The van der Waals surface area contributed by atoms with E-state index in [4.69, 9.17) is 4.74 Å². The quantitative estimate of drug-likeness (QED) is 0.251. The summed E-state index contributed by atoms with van der Waals surface area (Å²) in [6.07, 6.45) is 3.86. The van der Waals surface area contributed by atoms with Crippen molar-refractivity contribution in [2.75, 3.05) is 7.05 Å². The summed E-state index contributed by atoms with van der Waals surface area (Å²) in [4.78, 5) is 58.8. The number of esters is 1. The summed E-state index contributed by atoms with van der Waals surface area (Å²) in [5, 5.41) is 16.6. The van der Waals surface area contributed by atoms with Gasteiger partial charge in [-0.2, -0.15) is 0 Å². The van der Waals surface area contributed by atoms with E-state index in [1.807, 2.05) is 57.3 Å². The van der Waals surface area contributed by atoms with E-state index in [-0.39, 0.29) is 30.4 Å². The molecule has 10 heteroatoms. The fraction of sp³-hybridized carbons (Fsp3) is 0.429. The molecule has 4 N–H and O–H groups in total. The van der Waals surface area contributed by atoms with Gasteiger partial charge in [0, 0.05) is 42.4 Å². The van der Waals surface area contributed by atoms with Crippen LogP contribution in [0.3, 0.4) is 0 Å². The standard InChI is InChI=1S/C35H44N4O6/c1-20-15-21(2)24(5)45-32(41)18-30(25-11-13-27(40)14-12-25)38-34(43)31(17-26-19-36-29-10-8-7-9-28(26)29)39(6)35(44)23(4)37-33(42)22(3)16-20/h7-15,19,21-24,30-31,36,40H,16-18H2,1-6H3,(H,37,42)(H,38,43)/b20-15-/t21-,22-,23-,24+,30-,31+/m0/s1. The van der Waals surface area contributed by atoms with Gasteiger partial charge < -0.3 is 30.4 Å². The minimum absolute atomic E-state index is 0.0466. The summed E-state index contributed by atoms with van der Waals surface area (Å²) in [6, 6.07) is 11.3. The molecule has 3 amide bonds. The van der Waals surface area contributed by atoms with Gasteiger partial charge in [-0.3, -0.25) is 19.2 Å². The molecule has 0 saturated carbocycles. The van der Waals surface area contributed by atoms with Crippen molar-refractivity contribution in [2.24, 2.45) is 11.8 Å². The number of phenols is 1. The fourth-order valence-corrected chi connectivity index (χ4v) is 5.77. The van der Waals surface area contributed by atoms with Crippen LogP contribution in [0.1, 0.15) is 64.6 Å². The Bertz CT molecular complexity index is 1560. The fourth-order valence-electron chi connectivity index (χ4n) is 5.77. The third kappa shape index (κ3) is 8.32. The van der Waals surface area contributed by atoms with Crippen LogP contribution in [0.5, 0.6) is 5.75 Å². The zero-order valence-electron chi connectivity index (χ0n) is 26.8. The Labute approximate surface area is 264 Å². The van der Waals surface area contributed by atoms with Gasteiger partial charge in [-0.15, -0.1) is 0 Å². The minimum Gasteiger partial charge on any atom is -0.508 e. The van der Waals surface area contributed by atoms with Crippen molar-refractivity contribution < 1.29 is 29.0 Å². The van der Waals surface area contributed by atoms with E-state index in [9.17, 15) is 24.3 Å². The number of aromatic amines is 1. The van der Waals surface area contributed by atoms with Gasteiger partial charge >= 0.3 is 5.97 Å². The topological polar surface area (TPSA) is 141 Å². The number of carbonyl (C=O) groups excluding carboxylic acids is 4. The zero-order chi connectivity index (χ0) is 32.8. The second-order valence-electron chi connectivity index (χ2n) is 12.3. The van der Waals surface area contributed by atoms with Crippen LogP contribution < -0.4 is 10.6 Å². The normalized spacial score (nSPS) is 27.5.